The van der Waals surface area contributed by atoms with Gasteiger partial charge >= 0.3 is 0 Å². The Morgan fingerprint density at radius 1 is 1.31 bits per heavy atom. The highest BCUT2D eigenvalue weighted by Gasteiger charge is 1.88. The van der Waals surface area contributed by atoms with Crippen LogP contribution in [0.25, 0.3) is 0 Å². The molecule has 4 nitrogen and oxygen atoms in total. The summed E-state index contributed by atoms with van der Waals surface area (Å²) in [5.41, 5.74) is 0.483. The van der Waals surface area contributed by atoms with E-state index in [4.69, 9.17) is 5.26 Å². The monoisotopic (exact) mass is 218 g/mol. The van der Waals surface area contributed by atoms with Crippen molar-refractivity contribution in [3.63, 3.8) is 0 Å². The Balaban J connectivity index is 0.000000165. The van der Waals surface area contributed by atoms with Crippen LogP contribution in [0, 0.1) is 24.1 Å². The Morgan fingerprint density at radius 3 is 2.25 bits per heavy atom. The van der Waals surface area contributed by atoms with Crippen molar-refractivity contribution in [3.05, 3.63) is 47.8 Å². The summed E-state index contributed by atoms with van der Waals surface area (Å²) in [7, 11) is 1.86. The minimum Gasteiger partial charge on any atom is -0.253 e. The van der Waals surface area contributed by atoms with Gasteiger partial charge in [-0.3, -0.25) is 4.68 Å². The predicted octanol–water partition coefficient (Wildman–Crippen LogP) is 1.82. The number of halogens is 1. The summed E-state index contributed by atoms with van der Waals surface area (Å²) in [5, 5.41) is 12.1. The van der Waals surface area contributed by atoms with Gasteiger partial charge < -0.3 is 0 Å². The van der Waals surface area contributed by atoms with Gasteiger partial charge in [-0.05, 0) is 31.2 Å². The molecule has 1 aromatic heterocycles. The van der Waals surface area contributed by atoms with Crippen LogP contribution < -0.4 is 0 Å². The number of hydrogen-bond donors (Lipinski definition) is 0. The SMILES string of the molecule is Cc1ncnn1C.N#Cc1ccc(F)cc1. The molecule has 2 rings (SSSR count). The summed E-state index contributed by atoms with van der Waals surface area (Å²) in [6, 6.07) is 7.29. The second-order valence-corrected chi connectivity index (χ2v) is 3.05. The highest BCUT2D eigenvalue weighted by Crippen LogP contribution is 1.99. The Morgan fingerprint density at radius 2 is 1.94 bits per heavy atom. The lowest BCUT2D eigenvalue weighted by atomic mass is 10.2. The number of nitriles is 1. The number of nitrogens with zero attached hydrogens (tertiary/aromatic N) is 4. The van der Waals surface area contributed by atoms with Gasteiger partial charge in [0.05, 0.1) is 11.6 Å². The average Bonchev–Trinajstić information content (AvgIpc) is 2.65. The lowest BCUT2D eigenvalue weighted by Crippen LogP contribution is -1.91. The molecular formula is C11H11FN4. The van der Waals surface area contributed by atoms with E-state index in [1.165, 1.54) is 30.6 Å². The zero-order valence-corrected chi connectivity index (χ0v) is 9.05. The minimum absolute atomic E-state index is 0.311. The van der Waals surface area contributed by atoms with E-state index in [9.17, 15) is 4.39 Å². The minimum atomic E-state index is -0.311. The van der Waals surface area contributed by atoms with E-state index in [-0.39, 0.29) is 5.82 Å². The zero-order chi connectivity index (χ0) is 12.0. The van der Waals surface area contributed by atoms with Crippen molar-refractivity contribution in [2.24, 2.45) is 7.05 Å². The van der Waals surface area contributed by atoms with Gasteiger partial charge in [0, 0.05) is 7.05 Å². The van der Waals surface area contributed by atoms with Crippen LogP contribution in [0.1, 0.15) is 11.4 Å². The number of aromatic nitrogens is 3. The van der Waals surface area contributed by atoms with Gasteiger partial charge in [0.15, 0.2) is 0 Å². The fourth-order valence-electron chi connectivity index (χ4n) is 0.878. The summed E-state index contributed by atoms with van der Waals surface area (Å²) in [6.45, 7) is 1.91. The van der Waals surface area contributed by atoms with Crippen LogP contribution in [0.3, 0.4) is 0 Å². The largest absolute Gasteiger partial charge is 0.253 e. The Labute approximate surface area is 93.0 Å². The van der Waals surface area contributed by atoms with Gasteiger partial charge in [-0.25, -0.2) is 9.37 Å². The molecule has 0 N–H and O–H groups in total. The normalized spacial score (nSPS) is 8.88. The van der Waals surface area contributed by atoms with E-state index in [0.717, 1.165) is 5.82 Å². The van der Waals surface area contributed by atoms with Crippen LogP contribution in [0.15, 0.2) is 30.6 Å². The van der Waals surface area contributed by atoms with E-state index in [0.29, 0.717) is 5.56 Å². The molecule has 0 aliphatic carbocycles. The molecule has 0 spiro atoms. The number of benzene rings is 1. The van der Waals surface area contributed by atoms with Crippen LogP contribution >= 0.6 is 0 Å². The van der Waals surface area contributed by atoms with Gasteiger partial charge in [-0.15, -0.1) is 0 Å². The molecule has 0 atom stereocenters. The van der Waals surface area contributed by atoms with Crippen molar-refractivity contribution in [2.75, 3.05) is 0 Å². The maximum Gasteiger partial charge on any atom is 0.138 e. The molecule has 0 saturated heterocycles. The Kier molecular flexibility index (Phi) is 4.16. The van der Waals surface area contributed by atoms with E-state index in [1.54, 1.807) is 4.68 Å². The van der Waals surface area contributed by atoms with Crippen molar-refractivity contribution in [3.8, 4) is 6.07 Å². The average molecular weight is 218 g/mol. The lowest BCUT2D eigenvalue weighted by Gasteiger charge is -1.84. The third-order valence-electron chi connectivity index (χ3n) is 1.91. The van der Waals surface area contributed by atoms with Crippen molar-refractivity contribution in [1.29, 1.82) is 5.26 Å². The molecule has 0 amide bonds. The molecule has 0 fully saturated rings. The first-order valence-corrected chi connectivity index (χ1v) is 4.59. The van der Waals surface area contributed by atoms with Crippen LogP contribution in [-0.4, -0.2) is 14.8 Å². The first-order chi connectivity index (χ1) is 7.63. The second-order valence-electron chi connectivity index (χ2n) is 3.05. The number of rotatable bonds is 0. The molecule has 0 bridgehead atoms. The highest BCUT2D eigenvalue weighted by atomic mass is 19.1. The van der Waals surface area contributed by atoms with Crippen molar-refractivity contribution >= 4 is 0 Å². The smallest absolute Gasteiger partial charge is 0.138 e. The summed E-state index contributed by atoms with van der Waals surface area (Å²) in [5.74, 6) is 0.633. The molecule has 2 aromatic rings. The van der Waals surface area contributed by atoms with Gasteiger partial charge in [-0.2, -0.15) is 10.4 Å². The van der Waals surface area contributed by atoms with E-state index in [2.05, 4.69) is 10.1 Å². The van der Waals surface area contributed by atoms with Crippen LogP contribution in [0.5, 0.6) is 0 Å². The van der Waals surface area contributed by atoms with Crippen LogP contribution in [0.2, 0.25) is 0 Å². The van der Waals surface area contributed by atoms with Gasteiger partial charge in [0.25, 0.3) is 0 Å². The third kappa shape index (κ3) is 3.50. The predicted molar refractivity (Wildman–Crippen MR) is 56.9 cm³/mol. The maximum atomic E-state index is 12.1. The highest BCUT2D eigenvalue weighted by molar-refractivity contribution is 5.28. The Hall–Kier alpha value is -2.22. The lowest BCUT2D eigenvalue weighted by molar-refractivity contribution is 0.627. The molecule has 0 aliphatic rings. The number of aryl methyl sites for hydroxylation is 2. The third-order valence-corrected chi connectivity index (χ3v) is 1.91. The molecule has 0 radical (unpaired) electrons. The van der Waals surface area contributed by atoms with E-state index >= 15 is 0 Å². The molecule has 82 valence electrons. The van der Waals surface area contributed by atoms with Gasteiger partial charge in [0.2, 0.25) is 0 Å². The molecule has 1 aromatic carbocycles. The van der Waals surface area contributed by atoms with Crippen LogP contribution in [0.4, 0.5) is 4.39 Å². The van der Waals surface area contributed by atoms with E-state index in [1.807, 2.05) is 20.0 Å². The molecule has 0 unspecified atom stereocenters. The first kappa shape index (κ1) is 11.9. The second kappa shape index (κ2) is 5.61. The molecular weight excluding hydrogens is 207 g/mol. The van der Waals surface area contributed by atoms with E-state index < -0.39 is 0 Å². The summed E-state index contributed by atoms with van der Waals surface area (Å²) >= 11 is 0. The molecule has 16 heavy (non-hydrogen) atoms. The molecule has 5 heteroatoms. The standard InChI is InChI=1S/C7H4FN.C4H7N3/c8-7-3-1-6(5-9)2-4-7;1-4-5-3-6-7(4)2/h1-4H;3H,1-2H3. The fraction of sp³-hybridized carbons (Fsp3) is 0.182. The zero-order valence-electron chi connectivity index (χ0n) is 9.05. The molecule has 1 heterocycles. The van der Waals surface area contributed by atoms with Gasteiger partial charge in [-0.1, -0.05) is 0 Å². The molecule has 0 aliphatic heterocycles. The van der Waals surface area contributed by atoms with Crippen molar-refractivity contribution in [2.45, 2.75) is 6.92 Å². The quantitative estimate of drug-likeness (QED) is 0.677. The molecule has 0 saturated carbocycles. The van der Waals surface area contributed by atoms with Crippen molar-refractivity contribution < 1.29 is 4.39 Å². The first-order valence-electron chi connectivity index (χ1n) is 4.59. The fourth-order valence-corrected chi connectivity index (χ4v) is 0.878. The van der Waals surface area contributed by atoms with Crippen molar-refractivity contribution in [1.82, 2.24) is 14.8 Å². The topological polar surface area (TPSA) is 54.5 Å². The Bertz CT molecular complexity index is 465. The maximum absolute atomic E-state index is 12.1. The number of hydrogen-bond acceptors (Lipinski definition) is 3. The summed E-state index contributed by atoms with van der Waals surface area (Å²) in [6.07, 6.45) is 1.54. The van der Waals surface area contributed by atoms with Crippen LogP contribution in [-0.2, 0) is 7.05 Å². The van der Waals surface area contributed by atoms with Gasteiger partial charge in [0.1, 0.15) is 18.0 Å². The summed E-state index contributed by atoms with van der Waals surface area (Å²) in [4.78, 5) is 3.87. The summed E-state index contributed by atoms with van der Waals surface area (Å²) < 4.78 is 13.8.